The van der Waals surface area contributed by atoms with Gasteiger partial charge in [-0.15, -0.1) is 11.6 Å². The van der Waals surface area contributed by atoms with Crippen LogP contribution in [-0.2, 0) is 12.1 Å². The SMILES string of the molecule is COc1cc(CCl)c(C#N)c(C(F)(F)F)c1. The lowest BCUT2D eigenvalue weighted by Crippen LogP contribution is -2.10. The molecule has 0 atom stereocenters. The summed E-state index contributed by atoms with van der Waals surface area (Å²) in [6.07, 6.45) is -4.60. The number of rotatable bonds is 2. The predicted octanol–water partition coefficient (Wildman–Crippen LogP) is 3.32. The van der Waals surface area contributed by atoms with Gasteiger partial charge in [-0.3, -0.25) is 0 Å². The average Bonchev–Trinajstić information content (AvgIpc) is 2.25. The normalized spacial score (nSPS) is 11.0. The van der Waals surface area contributed by atoms with Crippen LogP contribution in [0.15, 0.2) is 12.1 Å². The molecular weight excluding hydrogens is 243 g/mol. The monoisotopic (exact) mass is 249 g/mol. The summed E-state index contributed by atoms with van der Waals surface area (Å²) in [6, 6.07) is 3.62. The number of ether oxygens (including phenoxy) is 1. The molecule has 0 radical (unpaired) electrons. The van der Waals surface area contributed by atoms with Crippen molar-refractivity contribution >= 4 is 11.6 Å². The molecule has 0 saturated carbocycles. The van der Waals surface area contributed by atoms with Crippen LogP contribution in [0.3, 0.4) is 0 Å². The number of hydrogen-bond acceptors (Lipinski definition) is 2. The molecule has 0 bridgehead atoms. The lowest BCUT2D eigenvalue weighted by Gasteiger charge is -2.13. The van der Waals surface area contributed by atoms with Crippen molar-refractivity contribution in [2.24, 2.45) is 0 Å². The second-order valence-corrected chi connectivity index (χ2v) is 3.22. The highest BCUT2D eigenvalue weighted by Crippen LogP contribution is 2.36. The minimum absolute atomic E-state index is 0.0296. The molecule has 0 aromatic heterocycles. The Morgan fingerprint density at radius 2 is 2.06 bits per heavy atom. The molecule has 1 aromatic carbocycles. The van der Waals surface area contributed by atoms with Crippen LogP contribution in [-0.4, -0.2) is 7.11 Å². The number of nitrogens with zero attached hydrogens (tertiary/aromatic N) is 1. The average molecular weight is 250 g/mol. The second-order valence-electron chi connectivity index (χ2n) is 2.95. The van der Waals surface area contributed by atoms with Crippen LogP contribution in [0.5, 0.6) is 5.75 Å². The van der Waals surface area contributed by atoms with E-state index in [1.165, 1.54) is 19.2 Å². The van der Waals surface area contributed by atoms with E-state index in [1.54, 1.807) is 0 Å². The third-order valence-corrected chi connectivity index (χ3v) is 2.28. The molecule has 1 rings (SSSR count). The smallest absolute Gasteiger partial charge is 0.417 e. The minimum atomic E-state index is -4.60. The molecule has 0 fully saturated rings. The fourth-order valence-electron chi connectivity index (χ4n) is 1.25. The zero-order chi connectivity index (χ0) is 12.3. The molecule has 0 aliphatic carbocycles. The molecule has 0 spiro atoms. The molecule has 0 amide bonds. The van der Waals surface area contributed by atoms with Gasteiger partial charge in [-0.2, -0.15) is 18.4 Å². The molecule has 0 aliphatic rings. The molecule has 0 N–H and O–H groups in total. The number of methoxy groups -OCH3 is 1. The van der Waals surface area contributed by atoms with E-state index in [2.05, 4.69) is 0 Å². The van der Waals surface area contributed by atoms with Gasteiger partial charge in [-0.05, 0) is 17.7 Å². The highest BCUT2D eigenvalue weighted by molar-refractivity contribution is 6.17. The van der Waals surface area contributed by atoms with E-state index in [4.69, 9.17) is 21.6 Å². The van der Waals surface area contributed by atoms with Crippen molar-refractivity contribution in [1.82, 2.24) is 0 Å². The van der Waals surface area contributed by atoms with Crippen molar-refractivity contribution in [1.29, 1.82) is 5.26 Å². The zero-order valence-electron chi connectivity index (χ0n) is 8.23. The molecule has 0 saturated heterocycles. The van der Waals surface area contributed by atoms with Crippen LogP contribution in [0.4, 0.5) is 13.2 Å². The summed E-state index contributed by atoms with van der Waals surface area (Å²) >= 11 is 5.49. The van der Waals surface area contributed by atoms with Crippen LogP contribution < -0.4 is 4.74 Å². The second kappa shape index (κ2) is 4.62. The van der Waals surface area contributed by atoms with E-state index < -0.39 is 17.3 Å². The Bertz CT molecular complexity index is 437. The molecule has 86 valence electrons. The Balaban J connectivity index is 3.51. The Labute approximate surface area is 95.2 Å². The Morgan fingerprint density at radius 3 is 2.44 bits per heavy atom. The standard InChI is InChI=1S/C10H7ClF3NO/c1-16-7-2-6(4-11)8(5-15)9(3-7)10(12,13)14/h2-3H,4H2,1H3. The van der Waals surface area contributed by atoms with E-state index in [1.807, 2.05) is 0 Å². The van der Waals surface area contributed by atoms with Crippen LogP contribution >= 0.6 is 11.6 Å². The fourth-order valence-corrected chi connectivity index (χ4v) is 1.46. The Morgan fingerprint density at radius 1 is 1.44 bits per heavy atom. The summed E-state index contributed by atoms with van der Waals surface area (Å²) in [5.74, 6) is -0.148. The van der Waals surface area contributed by atoms with E-state index in [0.717, 1.165) is 6.07 Å². The first-order valence-electron chi connectivity index (χ1n) is 4.18. The van der Waals surface area contributed by atoms with Gasteiger partial charge >= 0.3 is 6.18 Å². The molecule has 16 heavy (non-hydrogen) atoms. The van der Waals surface area contributed by atoms with Gasteiger partial charge in [0.05, 0.1) is 18.2 Å². The molecular formula is C10H7ClF3NO. The molecule has 0 heterocycles. The summed E-state index contributed by atoms with van der Waals surface area (Å²) in [4.78, 5) is 0. The molecule has 2 nitrogen and oxygen atoms in total. The summed E-state index contributed by atoms with van der Waals surface area (Å²) in [6.45, 7) is 0. The topological polar surface area (TPSA) is 33.0 Å². The first kappa shape index (κ1) is 12.7. The summed E-state index contributed by atoms with van der Waals surface area (Å²) in [7, 11) is 1.25. The minimum Gasteiger partial charge on any atom is -0.497 e. The largest absolute Gasteiger partial charge is 0.497 e. The molecule has 0 unspecified atom stereocenters. The van der Waals surface area contributed by atoms with E-state index in [0.29, 0.717) is 0 Å². The van der Waals surface area contributed by atoms with E-state index in [-0.39, 0.29) is 17.2 Å². The number of benzene rings is 1. The van der Waals surface area contributed by atoms with Crippen molar-refractivity contribution in [2.75, 3.05) is 7.11 Å². The highest BCUT2D eigenvalue weighted by atomic mass is 35.5. The Hall–Kier alpha value is -1.41. The van der Waals surface area contributed by atoms with Gasteiger partial charge in [0, 0.05) is 5.88 Å². The number of alkyl halides is 4. The van der Waals surface area contributed by atoms with Crippen molar-refractivity contribution < 1.29 is 17.9 Å². The van der Waals surface area contributed by atoms with Gasteiger partial charge in [0.2, 0.25) is 0 Å². The van der Waals surface area contributed by atoms with Gasteiger partial charge in [-0.25, -0.2) is 0 Å². The predicted molar refractivity (Wildman–Crippen MR) is 52.3 cm³/mol. The third kappa shape index (κ3) is 2.39. The van der Waals surface area contributed by atoms with E-state index in [9.17, 15) is 13.2 Å². The van der Waals surface area contributed by atoms with Crippen molar-refractivity contribution in [3.8, 4) is 11.8 Å². The zero-order valence-corrected chi connectivity index (χ0v) is 8.99. The first-order chi connectivity index (χ1) is 7.43. The van der Waals surface area contributed by atoms with E-state index >= 15 is 0 Å². The van der Waals surface area contributed by atoms with Gasteiger partial charge in [0.15, 0.2) is 0 Å². The number of nitriles is 1. The first-order valence-corrected chi connectivity index (χ1v) is 4.71. The van der Waals surface area contributed by atoms with Crippen molar-refractivity contribution in [3.63, 3.8) is 0 Å². The maximum Gasteiger partial charge on any atom is 0.417 e. The maximum atomic E-state index is 12.6. The van der Waals surface area contributed by atoms with Gasteiger partial charge in [0.1, 0.15) is 11.8 Å². The van der Waals surface area contributed by atoms with Gasteiger partial charge < -0.3 is 4.74 Å². The summed E-state index contributed by atoms with van der Waals surface area (Å²) < 4.78 is 42.6. The summed E-state index contributed by atoms with van der Waals surface area (Å²) in [5, 5.41) is 8.71. The van der Waals surface area contributed by atoms with Gasteiger partial charge in [0.25, 0.3) is 0 Å². The van der Waals surface area contributed by atoms with Crippen molar-refractivity contribution in [3.05, 3.63) is 28.8 Å². The lowest BCUT2D eigenvalue weighted by atomic mass is 10.0. The van der Waals surface area contributed by atoms with Gasteiger partial charge in [-0.1, -0.05) is 0 Å². The molecule has 6 heteroatoms. The lowest BCUT2D eigenvalue weighted by molar-refractivity contribution is -0.137. The molecule has 0 aliphatic heterocycles. The van der Waals surface area contributed by atoms with Crippen LogP contribution in [0, 0.1) is 11.3 Å². The number of halogens is 4. The molecule has 1 aromatic rings. The Kier molecular flexibility index (Phi) is 3.66. The van der Waals surface area contributed by atoms with Crippen LogP contribution in [0.2, 0.25) is 0 Å². The quantitative estimate of drug-likeness (QED) is 0.753. The maximum absolute atomic E-state index is 12.6. The van der Waals surface area contributed by atoms with Crippen LogP contribution in [0.25, 0.3) is 0 Å². The van der Waals surface area contributed by atoms with Crippen LogP contribution in [0.1, 0.15) is 16.7 Å². The summed E-state index contributed by atoms with van der Waals surface area (Å²) in [5.41, 5.74) is -1.37. The highest BCUT2D eigenvalue weighted by Gasteiger charge is 2.35. The fraction of sp³-hybridized carbons (Fsp3) is 0.300. The van der Waals surface area contributed by atoms with Crippen molar-refractivity contribution in [2.45, 2.75) is 12.1 Å². The number of hydrogen-bond donors (Lipinski definition) is 0. The third-order valence-electron chi connectivity index (χ3n) is 1.99.